The zero-order valence-electron chi connectivity index (χ0n) is 23.9. The molecule has 2 aromatic rings. The molecular formula is C29H31ClN4O10S. The van der Waals surface area contributed by atoms with E-state index in [-0.39, 0.29) is 26.6 Å². The first-order valence-electron chi connectivity index (χ1n) is 13.2. The number of benzene rings is 2. The van der Waals surface area contributed by atoms with E-state index in [1.54, 1.807) is 12.1 Å². The average Bonchev–Trinajstić information content (AvgIpc) is 2.96. The van der Waals surface area contributed by atoms with E-state index in [0.29, 0.717) is 6.54 Å². The summed E-state index contributed by atoms with van der Waals surface area (Å²) in [7, 11) is -0.672. The standard InChI is InChI=1S/C22H21ClN2O8.C7H10N2O2S/c1-6-9-7(23)4-5-8(26)11(9)16(27)12-10(6)17(28)14-15(25(2)3)18(29)13(21(24)32)20(31)22(14,33)19(12)30;8-5-6-1-3-7(4-2-6)12(9,10)11/h4-5,10,14-15,17,26,28-30,33H,1H2,2-3H3,(H2,24,32);1-4H,5,8H2,(H2,9,10,11)/t10-,14-,15+,17+,22+;/m1./s1. The number of sulfonamides is 1. The number of phenolic OH excluding ortho intramolecular Hbond substituents is 1. The van der Waals surface area contributed by atoms with E-state index < -0.39 is 85.5 Å². The maximum atomic E-state index is 13.4. The molecule has 14 nitrogen and oxygen atoms in total. The molecule has 5 atom stereocenters. The number of likely N-dealkylation sites (N-methyl/N-ethyl adjacent to an activating group) is 1. The molecule has 0 saturated heterocycles. The maximum Gasteiger partial charge on any atom is 0.255 e. The van der Waals surface area contributed by atoms with Crippen molar-refractivity contribution in [2.24, 2.45) is 28.4 Å². The highest BCUT2D eigenvalue weighted by atomic mass is 35.5. The summed E-state index contributed by atoms with van der Waals surface area (Å²) in [6, 6.07) is 7.29. The number of hydrogen-bond acceptors (Lipinski definition) is 12. The number of phenols is 1. The van der Waals surface area contributed by atoms with Crippen molar-refractivity contribution >= 4 is 44.7 Å². The number of rotatable bonds is 4. The molecule has 0 spiro atoms. The molecule has 0 bridgehead atoms. The molecule has 0 heterocycles. The second-order valence-corrected chi connectivity index (χ2v) is 12.9. The van der Waals surface area contributed by atoms with Crippen molar-refractivity contribution in [3.05, 3.63) is 87.4 Å². The summed E-state index contributed by atoms with van der Waals surface area (Å²) < 4.78 is 21.6. The maximum absolute atomic E-state index is 13.4. The lowest BCUT2D eigenvalue weighted by Crippen LogP contribution is -2.68. The number of primary sulfonamides is 1. The highest BCUT2D eigenvalue weighted by molar-refractivity contribution is 7.89. The summed E-state index contributed by atoms with van der Waals surface area (Å²) in [5.41, 5.74) is 6.73. The zero-order chi connectivity index (χ0) is 33.9. The Morgan fingerprint density at radius 2 is 1.64 bits per heavy atom. The van der Waals surface area contributed by atoms with Crippen LogP contribution in [0, 0.1) is 11.8 Å². The lowest BCUT2D eigenvalue weighted by molar-refractivity contribution is -0.159. The number of aliphatic hydroxyl groups excluding tert-OH is 3. The third-order valence-electron chi connectivity index (χ3n) is 8.16. The number of hydrogen-bond donors (Lipinski definition) is 8. The van der Waals surface area contributed by atoms with E-state index in [2.05, 4.69) is 6.58 Å². The van der Waals surface area contributed by atoms with Gasteiger partial charge in [-0.15, -0.1) is 0 Å². The van der Waals surface area contributed by atoms with Crippen LogP contribution >= 0.6 is 11.6 Å². The minimum atomic E-state index is -3.57. The summed E-state index contributed by atoms with van der Waals surface area (Å²) in [4.78, 5) is 39.9. The van der Waals surface area contributed by atoms with Crippen LogP contribution in [0.25, 0.3) is 5.57 Å². The van der Waals surface area contributed by atoms with E-state index in [9.17, 15) is 48.3 Å². The molecule has 0 saturated carbocycles. The van der Waals surface area contributed by atoms with Crippen LogP contribution in [0.4, 0.5) is 0 Å². The Labute approximate surface area is 262 Å². The van der Waals surface area contributed by atoms with Crippen molar-refractivity contribution in [2.45, 2.75) is 29.2 Å². The van der Waals surface area contributed by atoms with Crippen LogP contribution in [-0.2, 0) is 26.2 Å². The Morgan fingerprint density at radius 3 is 2.13 bits per heavy atom. The number of primary amides is 1. The number of fused-ring (bicyclic) bond motifs is 3. The van der Waals surface area contributed by atoms with Gasteiger partial charge >= 0.3 is 0 Å². The van der Waals surface area contributed by atoms with Gasteiger partial charge < -0.3 is 37.0 Å². The first-order chi connectivity index (χ1) is 20.8. The predicted molar refractivity (Wildman–Crippen MR) is 161 cm³/mol. The molecule has 0 unspecified atom stereocenters. The number of halogens is 1. The number of aliphatic hydroxyl groups is 4. The van der Waals surface area contributed by atoms with Crippen LogP contribution < -0.4 is 16.6 Å². The Balaban J connectivity index is 0.000000323. The number of carbonyl (C=O) groups is 3. The molecule has 3 aliphatic rings. The van der Waals surface area contributed by atoms with Crippen LogP contribution in [-0.4, -0.2) is 88.2 Å². The second kappa shape index (κ2) is 11.7. The Morgan fingerprint density at radius 1 is 1.07 bits per heavy atom. The van der Waals surface area contributed by atoms with Gasteiger partial charge in [0.2, 0.25) is 15.8 Å². The molecule has 5 rings (SSSR count). The molecule has 240 valence electrons. The third kappa shape index (κ3) is 5.21. The van der Waals surface area contributed by atoms with E-state index in [0.717, 1.165) is 11.6 Å². The summed E-state index contributed by atoms with van der Waals surface area (Å²) in [6.45, 7) is 4.28. The normalized spacial score (nSPS) is 26.2. The number of amides is 1. The number of carbonyl (C=O) groups excluding carboxylic acids is 3. The summed E-state index contributed by atoms with van der Waals surface area (Å²) in [5.74, 6) is -9.17. The Bertz CT molecular complexity index is 1820. The van der Waals surface area contributed by atoms with Crippen molar-refractivity contribution in [1.29, 1.82) is 0 Å². The number of nitrogens with two attached hydrogens (primary N) is 3. The lowest BCUT2D eigenvalue weighted by Gasteiger charge is -2.52. The Hall–Kier alpha value is -4.09. The summed E-state index contributed by atoms with van der Waals surface area (Å²) >= 11 is 6.24. The van der Waals surface area contributed by atoms with E-state index >= 15 is 0 Å². The van der Waals surface area contributed by atoms with Gasteiger partial charge in [-0.05, 0) is 49.5 Å². The van der Waals surface area contributed by atoms with Crippen LogP contribution in [0.5, 0.6) is 5.75 Å². The van der Waals surface area contributed by atoms with Gasteiger partial charge in [0.25, 0.3) is 5.91 Å². The van der Waals surface area contributed by atoms with Crippen LogP contribution in [0.15, 0.2) is 70.5 Å². The molecule has 2 aromatic carbocycles. The largest absolute Gasteiger partial charge is 0.510 e. The highest BCUT2D eigenvalue weighted by Gasteiger charge is 2.67. The van der Waals surface area contributed by atoms with Crippen LogP contribution in [0.1, 0.15) is 21.5 Å². The SMILES string of the molecule is C=C1c2c(Cl)ccc(O)c2C(=O)C2=C(O)[C@]3(O)C(=O)C(C(N)=O)=C(O)[C@@H](N(C)C)[C@@H]3[C@@H](O)[C@H]12.NCc1ccc(S(N)(=O)=O)cc1. The van der Waals surface area contributed by atoms with Gasteiger partial charge in [0.1, 0.15) is 22.8 Å². The fraction of sp³-hybridized carbons (Fsp3) is 0.276. The fourth-order valence-electron chi connectivity index (χ4n) is 6.08. The van der Waals surface area contributed by atoms with E-state index in [4.69, 9.17) is 28.2 Å². The zero-order valence-corrected chi connectivity index (χ0v) is 25.5. The third-order valence-corrected chi connectivity index (χ3v) is 9.40. The van der Waals surface area contributed by atoms with Gasteiger partial charge in [-0.25, -0.2) is 13.6 Å². The van der Waals surface area contributed by atoms with Gasteiger partial charge in [0, 0.05) is 23.0 Å². The van der Waals surface area contributed by atoms with Crippen molar-refractivity contribution in [1.82, 2.24) is 4.90 Å². The first-order valence-corrected chi connectivity index (χ1v) is 15.1. The van der Waals surface area contributed by atoms with Crippen molar-refractivity contribution < 1.29 is 48.3 Å². The molecule has 45 heavy (non-hydrogen) atoms. The molecule has 1 amide bonds. The minimum absolute atomic E-state index is 0.0498. The van der Waals surface area contributed by atoms with Crippen LogP contribution in [0.2, 0.25) is 5.02 Å². The molecule has 11 N–H and O–H groups in total. The van der Waals surface area contributed by atoms with Gasteiger partial charge in [0.15, 0.2) is 11.4 Å². The van der Waals surface area contributed by atoms with Crippen molar-refractivity contribution in [2.75, 3.05) is 14.1 Å². The van der Waals surface area contributed by atoms with Gasteiger partial charge in [-0.3, -0.25) is 19.3 Å². The molecule has 0 radical (unpaired) electrons. The molecule has 0 aliphatic heterocycles. The monoisotopic (exact) mass is 662 g/mol. The smallest absolute Gasteiger partial charge is 0.255 e. The number of Topliss-reactive ketones (excluding diaryl/α,β-unsaturated/α-hetero) is 2. The van der Waals surface area contributed by atoms with E-state index in [1.165, 1.54) is 37.2 Å². The molecule has 3 aliphatic carbocycles. The lowest BCUT2D eigenvalue weighted by atomic mass is 9.56. The Kier molecular flexibility index (Phi) is 8.78. The summed E-state index contributed by atoms with van der Waals surface area (Å²) in [6.07, 6.45) is -1.75. The van der Waals surface area contributed by atoms with Crippen molar-refractivity contribution in [3.63, 3.8) is 0 Å². The van der Waals surface area contributed by atoms with Gasteiger partial charge in [-0.1, -0.05) is 30.3 Å². The molecule has 0 fully saturated rings. The summed E-state index contributed by atoms with van der Waals surface area (Å²) in [5, 5.41) is 60.0. The second-order valence-electron chi connectivity index (χ2n) is 10.9. The number of ketones is 2. The topological polar surface area (TPSA) is 268 Å². The average molecular weight is 663 g/mol. The number of aromatic hydroxyl groups is 1. The van der Waals surface area contributed by atoms with Gasteiger partial charge in [-0.2, -0.15) is 0 Å². The van der Waals surface area contributed by atoms with E-state index in [1.807, 2.05) is 0 Å². The van der Waals surface area contributed by atoms with Crippen molar-refractivity contribution in [3.8, 4) is 5.75 Å². The fourth-order valence-corrected chi connectivity index (χ4v) is 6.88. The minimum Gasteiger partial charge on any atom is -0.510 e. The molecular weight excluding hydrogens is 632 g/mol. The molecule has 16 heteroatoms. The first kappa shape index (κ1) is 33.8. The quantitative estimate of drug-likeness (QED) is 0.201. The van der Waals surface area contributed by atoms with Crippen LogP contribution in [0.3, 0.4) is 0 Å². The molecule has 0 aromatic heterocycles. The van der Waals surface area contributed by atoms with Gasteiger partial charge in [0.05, 0.1) is 34.1 Å². The highest BCUT2D eigenvalue weighted by Crippen LogP contribution is 2.55. The number of nitrogens with zero attached hydrogens (tertiary/aromatic N) is 1. The predicted octanol–water partition coefficient (Wildman–Crippen LogP) is 0.00820.